The number of carbonyl (C=O) groups excluding carboxylic acids is 2. The van der Waals surface area contributed by atoms with Crippen molar-refractivity contribution in [3.8, 4) is 11.1 Å². The number of amides is 2. The molecule has 2 atom stereocenters. The number of halogens is 2. The van der Waals surface area contributed by atoms with E-state index in [-0.39, 0.29) is 17.7 Å². The first-order valence-corrected chi connectivity index (χ1v) is 15.5. The topological polar surface area (TPSA) is 43.9 Å². The summed E-state index contributed by atoms with van der Waals surface area (Å²) >= 11 is 13.5. The fourth-order valence-electron chi connectivity index (χ4n) is 6.62. The minimum Gasteiger partial charge on any atom is -0.338 e. The summed E-state index contributed by atoms with van der Waals surface area (Å²) in [5, 5.41) is 1.15. The zero-order valence-corrected chi connectivity index (χ0v) is 24.8. The maximum atomic E-state index is 13.2. The van der Waals surface area contributed by atoms with Gasteiger partial charge in [-0.25, -0.2) is 0 Å². The van der Waals surface area contributed by atoms with Crippen LogP contribution >= 0.6 is 23.2 Å². The van der Waals surface area contributed by atoms with Gasteiger partial charge in [-0.3, -0.25) is 14.5 Å². The molecule has 5 nitrogen and oxygen atoms in total. The highest BCUT2D eigenvalue weighted by molar-refractivity contribution is 6.36. The summed E-state index contributed by atoms with van der Waals surface area (Å²) in [6, 6.07) is 12.1. The van der Waals surface area contributed by atoms with Gasteiger partial charge in [0.25, 0.3) is 5.91 Å². The van der Waals surface area contributed by atoms with Crippen LogP contribution in [0.15, 0.2) is 36.4 Å². The van der Waals surface area contributed by atoms with E-state index in [9.17, 15) is 9.59 Å². The summed E-state index contributed by atoms with van der Waals surface area (Å²) in [6.45, 7) is 9.06. The van der Waals surface area contributed by atoms with Crippen LogP contribution in [0.2, 0.25) is 10.0 Å². The molecule has 0 N–H and O–H groups in total. The molecule has 0 radical (unpaired) electrons. The number of rotatable bonds is 7. The molecular formula is C32H41Cl2N3O2. The van der Waals surface area contributed by atoms with E-state index in [0.29, 0.717) is 34.1 Å². The van der Waals surface area contributed by atoms with Crippen molar-refractivity contribution in [2.75, 3.05) is 32.7 Å². The molecule has 2 aromatic rings. The molecule has 0 aromatic heterocycles. The second-order valence-electron chi connectivity index (χ2n) is 11.6. The van der Waals surface area contributed by atoms with Crippen LogP contribution in [0.1, 0.15) is 74.7 Å². The standard InChI is InChI=1S/C32H41Cl2N3O2/c1-3-22(2)35-15-17-36(18-16-35)31(38)25-11-9-23(10-12-25)26-19-29(33)28(30(34)20-26)21-37-14-13-27(32(37)39)24-7-5-4-6-8-24/h9-12,19-20,22,24,27H,3-8,13-18,21H2,1-2H3. The number of hydrogen-bond acceptors (Lipinski definition) is 3. The van der Waals surface area contributed by atoms with Crippen LogP contribution in [0.3, 0.4) is 0 Å². The molecule has 2 unspecified atom stereocenters. The summed E-state index contributed by atoms with van der Waals surface area (Å²) in [6.07, 6.45) is 8.22. The second kappa shape index (κ2) is 12.6. The van der Waals surface area contributed by atoms with E-state index >= 15 is 0 Å². The lowest BCUT2D eigenvalue weighted by atomic mass is 9.79. The van der Waals surface area contributed by atoms with E-state index in [1.165, 1.54) is 32.1 Å². The largest absolute Gasteiger partial charge is 0.338 e. The van der Waals surface area contributed by atoms with Crippen molar-refractivity contribution in [2.24, 2.45) is 11.8 Å². The Hall–Kier alpha value is -2.08. The van der Waals surface area contributed by atoms with Crippen LogP contribution < -0.4 is 0 Å². The Morgan fingerprint density at radius 3 is 2.15 bits per heavy atom. The Morgan fingerprint density at radius 2 is 1.54 bits per heavy atom. The fourth-order valence-corrected chi connectivity index (χ4v) is 7.22. The molecule has 0 spiro atoms. The third kappa shape index (κ3) is 6.31. The number of piperazine rings is 1. The molecule has 1 aliphatic carbocycles. The van der Waals surface area contributed by atoms with Gasteiger partial charge in [-0.05, 0) is 73.9 Å². The third-order valence-electron chi connectivity index (χ3n) is 9.33. The van der Waals surface area contributed by atoms with Crippen LogP contribution in [0.5, 0.6) is 0 Å². The van der Waals surface area contributed by atoms with Crippen LogP contribution in [-0.2, 0) is 11.3 Å². The number of carbonyl (C=O) groups is 2. The molecule has 7 heteroatoms. The highest BCUT2D eigenvalue weighted by Crippen LogP contribution is 2.38. The van der Waals surface area contributed by atoms with Crippen molar-refractivity contribution in [2.45, 2.75) is 71.4 Å². The minimum absolute atomic E-state index is 0.0820. The van der Waals surface area contributed by atoms with Gasteiger partial charge in [0.2, 0.25) is 5.91 Å². The highest BCUT2D eigenvalue weighted by Gasteiger charge is 2.37. The van der Waals surface area contributed by atoms with Crippen LogP contribution in [0, 0.1) is 11.8 Å². The Bertz CT molecular complexity index is 1150. The van der Waals surface area contributed by atoms with Gasteiger partial charge in [-0.1, -0.05) is 61.5 Å². The average molecular weight is 571 g/mol. The smallest absolute Gasteiger partial charge is 0.253 e. The average Bonchev–Trinajstić information content (AvgIpc) is 3.34. The Kier molecular flexibility index (Phi) is 9.20. The molecule has 1 saturated carbocycles. The van der Waals surface area contributed by atoms with E-state index in [1.54, 1.807) is 0 Å². The molecule has 2 aromatic carbocycles. The number of hydrogen-bond donors (Lipinski definition) is 0. The molecule has 2 aliphatic heterocycles. The maximum absolute atomic E-state index is 13.2. The van der Waals surface area contributed by atoms with Crippen LogP contribution in [0.25, 0.3) is 11.1 Å². The normalized spacial score (nSPS) is 21.9. The summed E-state index contributed by atoms with van der Waals surface area (Å²) < 4.78 is 0. The van der Waals surface area contributed by atoms with Gasteiger partial charge in [0.1, 0.15) is 0 Å². The van der Waals surface area contributed by atoms with E-state index in [0.717, 1.165) is 62.3 Å². The van der Waals surface area contributed by atoms with Crippen molar-refractivity contribution < 1.29 is 9.59 Å². The second-order valence-corrected chi connectivity index (χ2v) is 12.4. The van der Waals surface area contributed by atoms with Crippen molar-refractivity contribution in [1.29, 1.82) is 0 Å². The van der Waals surface area contributed by atoms with Gasteiger partial charge >= 0.3 is 0 Å². The lowest BCUT2D eigenvalue weighted by Gasteiger charge is -2.37. The number of nitrogens with zero attached hydrogens (tertiary/aromatic N) is 3. The van der Waals surface area contributed by atoms with Gasteiger partial charge < -0.3 is 9.80 Å². The van der Waals surface area contributed by atoms with Gasteiger partial charge in [-0.15, -0.1) is 0 Å². The number of benzene rings is 2. The molecule has 210 valence electrons. The van der Waals surface area contributed by atoms with Crippen molar-refractivity contribution in [3.63, 3.8) is 0 Å². The van der Waals surface area contributed by atoms with Gasteiger partial charge in [-0.2, -0.15) is 0 Å². The van der Waals surface area contributed by atoms with Crippen molar-refractivity contribution in [1.82, 2.24) is 14.7 Å². The molecule has 2 amide bonds. The SMILES string of the molecule is CCC(C)N1CCN(C(=O)c2ccc(-c3cc(Cl)c(CN4CCC(C5CCCCC5)C4=O)c(Cl)c3)cc2)CC1. The maximum Gasteiger partial charge on any atom is 0.253 e. The Labute approximate surface area is 243 Å². The molecule has 3 fully saturated rings. The van der Waals surface area contributed by atoms with Gasteiger partial charge in [0, 0.05) is 72.4 Å². The lowest BCUT2D eigenvalue weighted by molar-refractivity contribution is -0.133. The molecule has 3 aliphatic rings. The van der Waals surface area contributed by atoms with E-state index in [1.807, 2.05) is 46.2 Å². The van der Waals surface area contributed by atoms with E-state index in [4.69, 9.17) is 23.2 Å². The minimum atomic E-state index is 0.0820. The Morgan fingerprint density at radius 1 is 0.897 bits per heavy atom. The molecule has 0 bridgehead atoms. The monoisotopic (exact) mass is 569 g/mol. The van der Waals surface area contributed by atoms with Crippen LogP contribution in [-0.4, -0.2) is 65.3 Å². The Balaban J connectivity index is 1.22. The highest BCUT2D eigenvalue weighted by atomic mass is 35.5. The third-order valence-corrected chi connectivity index (χ3v) is 10.0. The first-order chi connectivity index (χ1) is 18.9. The summed E-state index contributed by atoms with van der Waals surface area (Å²) in [4.78, 5) is 32.6. The zero-order chi connectivity index (χ0) is 27.5. The molecule has 5 rings (SSSR count). The fraction of sp³-hybridized carbons (Fsp3) is 0.562. The van der Waals surface area contributed by atoms with Gasteiger partial charge in [0.05, 0.1) is 0 Å². The van der Waals surface area contributed by atoms with Crippen molar-refractivity contribution >= 4 is 35.0 Å². The lowest BCUT2D eigenvalue weighted by Crippen LogP contribution is -2.51. The molecular weight excluding hydrogens is 529 g/mol. The zero-order valence-electron chi connectivity index (χ0n) is 23.3. The summed E-state index contributed by atoms with van der Waals surface area (Å²) in [5.74, 6) is 1.04. The van der Waals surface area contributed by atoms with Crippen LogP contribution in [0.4, 0.5) is 0 Å². The number of likely N-dealkylation sites (tertiary alicyclic amines) is 1. The predicted octanol–water partition coefficient (Wildman–Crippen LogP) is 7.15. The van der Waals surface area contributed by atoms with E-state index in [2.05, 4.69) is 18.7 Å². The summed E-state index contributed by atoms with van der Waals surface area (Å²) in [5.41, 5.74) is 3.37. The molecule has 2 saturated heterocycles. The quantitative estimate of drug-likeness (QED) is 0.355. The first-order valence-electron chi connectivity index (χ1n) is 14.8. The summed E-state index contributed by atoms with van der Waals surface area (Å²) in [7, 11) is 0. The van der Waals surface area contributed by atoms with E-state index < -0.39 is 0 Å². The van der Waals surface area contributed by atoms with Crippen molar-refractivity contribution in [3.05, 3.63) is 57.6 Å². The molecule has 39 heavy (non-hydrogen) atoms. The first kappa shape index (κ1) is 28.4. The predicted molar refractivity (Wildman–Crippen MR) is 159 cm³/mol. The molecule has 2 heterocycles. The van der Waals surface area contributed by atoms with Gasteiger partial charge in [0.15, 0.2) is 0 Å².